The van der Waals surface area contributed by atoms with Crippen LogP contribution in [0.25, 0.3) is 0 Å². The number of carboxylic acid groups (broad SMARTS) is 1. The van der Waals surface area contributed by atoms with Crippen LogP contribution >= 0.6 is 0 Å². The van der Waals surface area contributed by atoms with Gasteiger partial charge in [0.25, 0.3) is 0 Å². The van der Waals surface area contributed by atoms with Crippen molar-refractivity contribution >= 4 is 23.7 Å². The van der Waals surface area contributed by atoms with Crippen LogP contribution in [0, 0.1) is 0 Å². The molecule has 16 N–H and O–H groups in total. The Morgan fingerprint density at radius 1 is 0.552 bits per heavy atom. The summed E-state index contributed by atoms with van der Waals surface area (Å²) in [6.45, 7) is 1.65. The normalized spacial score (nSPS) is 32.3. The number of unbranched alkanes of at least 4 members (excludes halogenated alkanes) is 25. The highest BCUT2D eigenvalue weighted by atomic mass is 16.8. The number of aliphatic carboxylic acids is 1. The van der Waals surface area contributed by atoms with Crippen molar-refractivity contribution in [2.45, 2.75) is 354 Å². The van der Waals surface area contributed by atoms with Crippen LogP contribution in [-0.2, 0) is 57.1 Å². The number of allylic oxidation sites excluding steroid dienone is 1. The van der Waals surface area contributed by atoms with Gasteiger partial charge in [-0.05, 0) is 19.3 Å². The standard InChI is InChI=1S/C67H121N3O26/c1-5-7-9-11-13-15-17-19-20-22-24-26-28-30-32-34-50(80)70-43(44(77)33-31-29-27-25-23-21-18-16-14-12-10-8-6-2)40-89-64-57(85)56(84)59(48(38-73)91-64)93-65-58(86)62(60(49(39-74)92-65)94-63-52(69-42(4)76)55(83)54(82)47(37-72)90-63)96-67(66(87)88)35-45(78)51(68-41(3)75)61(95-67)53(81)46(79)36-71/h31,33,43-49,51-65,71-74,77-79,81-86H,5-30,32,34-40H2,1-4H3,(H,68,75)(H,69,76)(H,70,80)(H,87,88)/p-1/t43-,44+,45-,46+,47+,48+,49+,51+,52+,53+,54-,55+,56+,57+,58+,59+,60-,61+,62+,63-,64+,65-,67-/m0/s1. The number of carbonyl (C=O) groups is 4. The molecule has 0 bridgehead atoms. The van der Waals surface area contributed by atoms with E-state index in [4.69, 9.17) is 37.9 Å². The SMILES string of the molecule is CCCCCCCCCCCCCC=C[C@@H](O)[C@H](CO[C@@H]1O[C@H](CO)[C@@H](O[C@@H]2O[C@H](CO)[C@H](O[C@@H]3O[C@H](CO)[C@H](O)[C@H](O)[C@H]3NC(C)=O)[C@H](O[C@]3(C(=O)[O-])C[C@H](O)[C@@H](NC(C)=O)[C@H]([C@H](O)[C@H](O)CO)O3)[C@H]2O)[C@H](O)[C@H]1O)NC(=O)CCCCCCCCCCCCCCCCC. The fraction of sp³-hybridized carbons (Fsp3) is 0.910. The third-order valence-electron chi connectivity index (χ3n) is 18.5. The number of carbonyl (C=O) groups excluding carboxylic acids is 4. The molecule has 23 atom stereocenters. The minimum absolute atomic E-state index is 0.159. The van der Waals surface area contributed by atoms with E-state index >= 15 is 0 Å². The minimum atomic E-state index is -3.39. The van der Waals surface area contributed by atoms with Gasteiger partial charge in [-0.25, -0.2) is 0 Å². The molecule has 4 aliphatic heterocycles. The lowest BCUT2D eigenvalue weighted by Gasteiger charge is -2.53. The molecular weight excluding hydrogens is 1260 g/mol. The second kappa shape index (κ2) is 46.3. The van der Waals surface area contributed by atoms with E-state index in [1.54, 1.807) is 6.08 Å². The Morgan fingerprint density at radius 2 is 1.02 bits per heavy atom. The average Bonchev–Trinajstić information content (AvgIpc) is 0.761. The summed E-state index contributed by atoms with van der Waals surface area (Å²) in [5, 5.41) is 165. The molecule has 560 valence electrons. The zero-order valence-corrected chi connectivity index (χ0v) is 57.0. The van der Waals surface area contributed by atoms with Gasteiger partial charge in [-0.2, -0.15) is 0 Å². The predicted molar refractivity (Wildman–Crippen MR) is 343 cm³/mol. The zero-order valence-electron chi connectivity index (χ0n) is 57.0. The van der Waals surface area contributed by atoms with E-state index in [0.717, 1.165) is 65.2 Å². The molecule has 96 heavy (non-hydrogen) atoms. The zero-order chi connectivity index (χ0) is 70.7. The molecule has 0 spiro atoms. The molecule has 4 rings (SSSR count). The van der Waals surface area contributed by atoms with Crippen molar-refractivity contribution in [3.05, 3.63) is 12.2 Å². The Balaban J connectivity index is 1.54. The van der Waals surface area contributed by atoms with Crippen LogP contribution in [0.3, 0.4) is 0 Å². The molecule has 0 aliphatic carbocycles. The summed E-state index contributed by atoms with van der Waals surface area (Å²) in [5.41, 5.74) is 0. The first kappa shape index (κ1) is 85.2. The van der Waals surface area contributed by atoms with Crippen molar-refractivity contribution in [2.24, 2.45) is 0 Å². The summed E-state index contributed by atoms with van der Waals surface area (Å²) >= 11 is 0. The van der Waals surface area contributed by atoms with Crippen LogP contribution < -0.4 is 21.1 Å². The Bertz CT molecular complexity index is 2180. The number of carboxylic acids is 1. The molecule has 4 aliphatic rings. The van der Waals surface area contributed by atoms with Gasteiger partial charge in [-0.3, -0.25) is 14.4 Å². The lowest BCUT2D eigenvalue weighted by Crippen LogP contribution is -2.73. The van der Waals surface area contributed by atoms with Crippen LogP contribution in [0.2, 0.25) is 0 Å². The Hall–Kier alpha value is -3.22. The first-order valence-corrected chi connectivity index (χ1v) is 35.5. The highest BCUT2D eigenvalue weighted by molar-refractivity contribution is 5.76. The monoisotopic (exact) mass is 1380 g/mol. The average molecular weight is 1380 g/mol. The van der Waals surface area contributed by atoms with E-state index < -0.39 is 198 Å². The molecule has 0 radical (unpaired) electrons. The maximum Gasteiger partial charge on any atom is 0.220 e. The number of ether oxygens (including phenoxy) is 8. The fourth-order valence-electron chi connectivity index (χ4n) is 12.8. The van der Waals surface area contributed by atoms with Crippen molar-refractivity contribution in [1.29, 1.82) is 0 Å². The van der Waals surface area contributed by atoms with Gasteiger partial charge in [0.1, 0.15) is 97.5 Å². The number of aliphatic hydroxyl groups is 13. The van der Waals surface area contributed by atoms with Crippen molar-refractivity contribution < 1.29 is 129 Å². The Labute approximate surface area is 565 Å². The summed E-state index contributed by atoms with van der Waals surface area (Å²) in [7, 11) is 0. The first-order valence-electron chi connectivity index (χ1n) is 35.5. The molecule has 0 aromatic rings. The van der Waals surface area contributed by atoms with Crippen molar-refractivity contribution in [3.8, 4) is 0 Å². The summed E-state index contributed by atoms with van der Waals surface area (Å²) in [4.78, 5) is 51.8. The number of hydrogen-bond donors (Lipinski definition) is 16. The molecule has 29 heteroatoms. The molecule has 0 unspecified atom stereocenters. The lowest BCUT2D eigenvalue weighted by atomic mass is 9.88. The Morgan fingerprint density at radius 3 is 1.52 bits per heavy atom. The fourth-order valence-corrected chi connectivity index (χ4v) is 12.8. The lowest BCUT2D eigenvalue weighted by molar-refractivity contribution is -0.420. The minimum Gasteiger partial charge on any atom is -0.544 e. The van der Waals surface area contributed by atoms with Gasteiger partial charge in [-0.1, -0.05) is 180 Å². The van der Waals surface area contributed by atoms with Crippen LogP contribution in [0.15, 0.2) is 12.2 Å². The van der Waals surface area contributed by atoms with Crippen molar-refractivity contribution in [3.63, 3.8) is 0 Å². The van der Waals surface area contributed by atoms with Crippen LogP contribution in [-0.4, -0.2) is 264 Å². The van der Waals surface area contributed by atoms with Gasteiger partial charge in [0, 0.05) is 26.7 Å². The van der Waals surface area contributed by atoms with E-state index in [9.17, 15) is 90.7 Å². The van der Waals surface area contributed by atoms with Gasteiger partial charge >= 0.3 is 0 Å². The molecule has 0 aromatic carbocycles. The van der Waals surface area contributed by atoms with Gasteiger partial charge < -0.3 is 130 Å². The Kier molecular flexibility index (Phi) is 41.1. The topological polar surface area (TPSA) is 464 Å². The van der Waals surface area contributed by atoms with Gasteiger partial charge in [0.05, 0.1) is 57.3 Å². The van der Waals surface area contributed by atoms with E-state index in [0.29, 0.717) is 12.8 Å². The molecule has 4 saturated heterocycles. The molecular formula is C67H120N3O26-. The largest absolute Gasteiger partial charge is 0.544 e. The van der Waals surface area contributed by atoms with E-state index in [1.165, 1.54) is 109 Å². The number of aliphatic hydroxyl groups excluding tert-OH is 13. The van der Waals surface area contributed by atoms with Crippen molar-refractivity contribution in [1.82, 2.24) is 16.0 Å². The first-order chi connectivity index (χ1) is 46.0. The summed E-state index contributed by atoms with van der Waals surface area (Å²) in [5.74, 6) is -7.75. The second-order valence-corrected chi connectivity index (χ2v) is 26.5. The van der Waals surface area contributed by atoms with Gasteiger partial charge in [-0.15, -0.1) is 0 Å². The highest BCUT2D eigenvalue weighted by Crippen LogP contribution is 2.40. The molecule has 3 amide bonds. The molecule has 4 fully saturated rings. The highest BCUT2D eigenvalue weighted by Gasteiger charge is 2.60. The van der Waals surface area contributed by atoms with Gasteiger partial charge in [0.15, 0.2) is 18.9 Å². The number of hydrogen-bond acceptors (Lipinski definition) is 26. The number of amides is 3. The maximum atomic E-state index is 13.5. The van der Waals surface area contributed by atoms with Crippen LogP contribution in [0.4, 0.5) is 0 Å². The van der Waals surface area contributed by atoms with Crippen molar-refractivity contribution in [2.75, 3.05) is 33.0 Å². The van der Waals surface area contributed by atoms with E-state index in [2.05, 4.69) is 29.8 Å². The van der Waals surface area contributed by atoms with Crippen LogP contribution in [0.1, 0.15) is 214 Å². The third kappa shape index (κ3) is 27.6. The second-order valence-electron chi connectivity index (χ2n) is 26.5. The van der Waals surface area contributed by atoms with Crippen LogP contribution in [0.5, 0.6) is 0 Å². The van der Waals surface area contributed by atoms with E-state index in [1.807, 2.05) is 6.08 Å². The number of rotatable bonds is 49. The summed E-state index contributed by atoms with van der Waals surface area (Å²) in [6.07, 6.45) is -5.12. The smallest absolute Gasteiger partial charge is 0.220 e. The maximum absolute atomic E-state index is 13.5. The molecule has 0 aromatic heterocycles. The van der Waals surface area contributed by atoms with Gasteiger partial charge in [0.2, 0.25) is 23.5 Å². The number of nitrogens with one attached hydrogen (secondary N) is 3. The summed E-state index contributed by atoms with van der Waals surface area (Å²) in [6, 6.07) is -4.56. The third-order valence-corrected chi connectivity index (χ3v) is 18.5. The predicted octanol–water partition coefficient (Wildman–Crippen LogP) is -0.201. The molecule has 4 heterocycles. The quantitative estimate of drug-likeness (QED) is 0.0277. The molecule has 29 nitrogen and oxygen atoms in total. The van der Waals surface area contributed by atoms with E-state index in [-0.39, 0.29) is 12.3 Å². The molecule has 0 saturated carbocycles. The summed E-state index contributed by atoms with van der Waals surface area (Å²) < 4.78 is 47.7.